The second kappa shape index (κ2) is 10.3. The van der Waals surface area contributed by atoms with Crippen LogP contribution in [0.1, 0.15) is 22.3 Å². The molecule has 2 amide bonds. The summed E-state index contributed by atoms with van der Waals surface area (Å²) in [7, 11) is 0. The summed E-state index contributed by atoms with van der Waals surface area (Å²) in [5.74, 6) is -2.79. The number of esters is 1. The molecule has 3 aromatic carbocycles. The standard InChI is InChI=1S/C27H23F3N2O5/c1-16-5-8-21(32-14-20(12-24(32)34)26(36)37-15-27(28,29)30)13-23(16)31-25(35)19-4-2-3-18(11-19)17-6-9-22(33)10-7-17/h2-11,13,20,33H,12,14-15H2,1H3,(H,31,35). The fourth-order valence-corrected chi connectivity index (χ4v) is 3.99. The summed E-state index contributed by atoms with van der Waals surface area (Å²) in [5, 5.41) is 12.3. The molecular formula is C27H23F3N2O5. The van der Waals surface area contributed by atoms with Crippen LogP contribution in [0.25, 0.3) is 11.1 Å². The Kier molecular flexibility index (Phi) is 7.19. The number of carbonyl (C=O) groups is 3. The summed E-state index contributed by atoms with van der Waals surface area (Å²) < 4.78 is 41.4. The first-order chi connectivity index (χ1) is 17.5. The number of hydrogen-bond acceptors (Lipinski definition) is 5. The highest BCUT2D eigenvalue weighted by atomic mass is 19.4. The van der Waals surface area contributed by atoms with Gasteiger partial charge in [-0.25, -0.2) is 0 Å². The zero-order chi connectivity index (χ0) is 26.7. The first-order valence-corrected chi connectivity index (χ1v) is 11.4. The molecule has 1 aliphatic rings. The van der Waals surface area contributed by atoms with Crippen molar-refractivity contribution in [2.45, 2.75) is 19.5 Å². The first-order valence-electron chi connectivity index (χ1n) is 11.4. The smallest absolute Gasteiger partial charge is 0.422 e. The fraction of sp³-hybridized carbons (Fsp3) is 0.222. The Hall–Kier alpha value is -4.34. The van der Waals surface area contributed by atoms with Gasteiger partial charge in [0.25, 0.3) is 5.91 Å². The van der Waals surface area contributed by atoms with Gasteiger partial charge in [0.2, 0.25) is 5.91 Å². The molecule has 1 fully saturated rings. The maximum Gasteiger partial charge on any atom is 0.422 e. The van der Waals surface area contributed by atoms with Crippen LogP contribution >= 0.6 is 0 Å². The molecule has 0 aliphatic carbocycles. The Morgan fingerprint density at radius 3 is 2.49 bits per heavy atom. The third kappa shape index (κ3) is 6.27. The largest absolute Gasteiger partial charge is 0.508 e. The molecule has 1 atom stereocenters. The number of benzene rings is 3. The molecule has 1 heterocycles. The third-order valence-corrected chi connectivity index (χ3v) is 5.94. The number of nitrogens with one attached hydrogen (secondary N) is 1. The van der Waals surface area contributed by atoms with Crippen molar-refractivity contribution in [3.8, 4) is 16.9 Å². The number of halogens is 3. The Morgan fingerprint density at radius 2 is 1.78 bits per heavy atom. The summed E-state index contributed by atoms with van der Waals surface area (Å²) in [6.45, 7) is -0.0544. The van der Waals surface area contributed by atoms with Gasteiger partial charge in [-0.15, -0.1) is 0 Å². The molecule has 37 heavy (non-hydrogen) atoms. The van der Waals surface area contributed by atoms with Crippen LogP contribution in [-0.4, -0.2) is 42.2 Å². The lowest BCUT2D eigenvalue weighted by Gasteiger charge is -2.19. The van der Waals surface area contributed by atoms with Gasteiger partial charge in [-0.3, -0.25) is 14.4 Å². The number of anilines is 2. The molecule has 192 valence electrons. The van der Waals surface area contributed by atoms with Crippen LogP contribution in [-0.2, 0) is 14.3 Å². The summed E-state index contributed by atoms with van der Waals surface area (Å²) >= 11 is 0. The van der Waals surface area contributed by atoms with Gasteiger partial charge >= 0.3 is 12.1 Å². The van der Waals surface area contributed by atoms with Crippen LogP contribution in [0.5, 0.6) is 5.75 Å². The molecule has 10 heteroatoms. The molecule has 1 unspecified atom stereocenters. The van der Waals surface area contributed by atoms with E-state index in [4.69, 9.17) is 0 Å². The normalized spacial score (nSPS) is 15.5. The quantitative estimate of drug-likeness (QED) is 0.449. The number of phenols is 1. The van der Waals surface area contributed by atoms with E-state index in [-0.39, 0.29) is 24.6 Å². The molecular weight excluding hydrogens is 489 g/mol. The van der Waals surface area contributed by atoms with Crippen molar-refractivity contribution in [3.05, 3.63) is 77.9 Å². The summed E-state index contributed by atoms with van der Waals surface area (Å²) in [4.78, 5) is 38.8. The SMILES string of the molecule is Cc1ccc(N2CC(C(=O)OCC(F)(F)F)CC2=O)cc1NC(=O)c1cccc(-c2ccc(O)cc2)c1. The summed E-state index contributed by atoms with van der Waals surface area (Å²) in [6, 6.07) is 18.4. The van der Waals surface area contributed by atoms with Gasteiger partial charge in [0, 0.05) is 29.9 Å². The van der Waals surface area contributed by atoms with Crippen LogP contribution in [0, 0.1) is 12.8 Å². The molecule has 1 aliphatic heterocycles. The number of nitrogens with zero attached hydrogens (tertiary/aromatic N) is 1. The monoisotopic (exact) mass is 512 g/mol. The van der Waals surface area contributed by atoms with E-state index in [2.05, 4.69) is 10.1 Å². The molecule has 3 aromatic rings. The molecule has 0 bridgehead atoms. The Bertz CT molecular complexity index is 1340. The second-order valence-corrected chi connectivity index (χ2v) is 8.71. The van der Waals surface area contributed by atoms with E-state index in [0.29, 0.717) is 16.9 Å². The van der Waals surface area contributed by atoms with Crippen LogP contribution in [0.2, 0.25) is 0 Å². The first kappa shape index (κ1) is 25.7. The Balaban J connectivity index is 1.48. The number of carbonyl (C=O) groups excluding carboxylic acids is 3. The minimum absolute atomic E-state index is 0.124. The van der Waals surface area contributed by atoms with Gasteiger partial charge in [0.05, 0.1) is 5.92 Å². The molecule has 7 nitrogen and oxygen atoms in total. The van der Waals surface area contributed by atoms with Crippen molar-refractivity contribution < 1.29 is 37.4 Å². The van der Waals surface area contributed by atoms with Crippen LogP contribution in [0.4, 0.5) is 24.5 Å². The van der Waals surface area contributed by atoms with Crippen molar-refractivity contribution in [2.24, 2.45) is 5.92 Å². The number of ether oxygens (including phenoxy) is 1. The van der Waals surface area contributed by atoms with Gasteiger partial charge in [-0.1, -0.05) is 30.3 Å². The summed E-state index contributed by atoms with van der Waals surface area (Å²) in [5.41, 5.74) is 3.55. The maximum atomic E-state index is 13.0. The van der Waals surface area contributed by atoms with Crippen molar-refractivity contribution in [1.29, 1.82) is 0 Å². The van der Waals surface area contributed by atoms with E-state index in [0.717, 1.165) is 16.7 Å². The minimum Gasteiger partial charge on any atom is -0.508 e. The molecule has 0 aromatic heterocycles. The van der Waals surface area contributed by atoms with Crippen molar-refractivity contribution >= 4 is 29.2 Å². The predicted octanol–water partition coefficient (Wildman–Crippen LogP) is 5.08. The lowest BCUT2D eigenvalue weighted by molar-refractivity contribution is -0.188. The highest BCUT2D eigenvalue weighted by Crippen LogP contribution is 2.30. The predicted molar refractivity (Wildman–Crippen MR) is 130 cm³/mol. The fourth-order valence-electron chi connectivity index (χ4n) is 3.99. The van der Waals surface area contributed by atoms with Gasteiger partial charge in [-0.05, 0) is 60.0 Å². The van der Waals surface area contributed by atoms with Crippen LogP contribution in [0.3, 0.4) is 0 Å². The van der Waals surface area contributed by atoms with Crippen LogP contribution < -0.4 is 10.2 Å². The molecule has 1 saturated heterocycles. The van der Waals surface area contributed by atoms with Gasteiger partial charge in [-0.2, -0.15) is 13.2 Å². The Labute approximate surface area is 210 Å². The Morgan fingerprint density at radius 1 is 1.05 bits per heavy atom. The minimum atomic E-state index is -4.65. The van der Waals surface area contributed by atoms with Crippen LogP contribution in [0.15, 0.2) is 66.7 Å². The lowest BCUT2D eigenvalue weighted by Crippen LogP contribution is -2.28. The van der Waals surface area contributed by atoms with E-state index in [1.54, 1.807) is 67.6 Å². The van der Waals surface area contributed by atoms with Crippen molar-refractivity contribution in [1.82, 2.24) is 0 Å². The molecule has 4 rings (SSSR count). The topological polar surface area (TPSA) is 95.9 Å². The average Bonchev–Trinajstić information content (AvgIpc) is 3.25. The number of alkyl halides is 3. The zero-order valence-corrected chi connectivity index (χ0v) is 19.7. The average molecular weight is 512 g/mol. The summed E-state index contributed by atoms with van der Waals surface area (Å²) in [6.07, 6.45) is -4.91. The second-order valence-electron chi connectivity index (χ2n) is 8.71. The highest BCUT2D eigenvalue weighted by molar-refractivity contribution is 6.06. The van der Waals surface area contributed by atoms with E-state index < -0.39 is 30.6 Å². The molecule has 2 N–H and O–H groups in total. The van der Waals surface area contributed by atoms with E-state index in [9.17, 15) is 32.7 Å². The molecule has 0 saturated carbocycles. The van der Waals surface area contributed by atoms with Crippen molar-refractivity contribution in [3.63, 3.8) is 0 Å². The number of phenolic OH excluding ortho intramolecular Hbond substituents is 1. The number of hydrogen-bond donors (Lipinski definition) is 2. The van der Waals surface area contributed by atoms with E-state index in [1.165, 1.54) is 4.90 Å². The van der Waals surface area contributed by atoms with Crippen molar-refractivity contribution in [2.75, 3.05) is 23.4 Å². The molecule has 0 radical (unpaired) electrons. The highest BCUT2D eigenvalue weighted by Gasteiger charge is 2.38. The lowest BCUT2D eigenvalue weighted by atomic mass is 10.0. The van der Waals surface area contributed by atoms with Gasteiger partial charge in [0.15, 0.2) is 6.61 Å². The number of aryl methyl sites for hydroxylation is 1. The zero-order valence-electron chi connectivity index (χ0n) is 19.7. The number of aromatic hydroxyl groups is 1. The number of amides is 2. The van der Waals surface area contributed by atoms with Gasteiger partial charge in [0.1, 0.15) is 5.75 Å². The maximum absolute atomic E-state index is 13.0. The molecule has 0 spiro atoms. The van der Waals surface area contributed by atoms with E-state index in [1.807, 2.05) is 6.07 Å². The third-order valence-electron chi connectivity index (χ3n) is 5.94. The van der Waals surface area contributed by atoms with Gasteiger partial charge < -0.3 is 20.1 Å². The number of rotatable bonds is 6. The van der Waals surface area contributed by atoms with E-state index >= 15 is 0 Å².